The highest BCUT2D eigenvalue weighted by atomic mass is 19.1. The van der Waals surface area contributed by atoms with Crippen LogP contribution in [0.4, 0.5) is 4.39 Å². The minimum Gasteiger partial charge on any atom is -0.313 e. The summed E-state index contributed by atoms with van der Waals surface area (Å²) in [6, 6.07) is 0. The summed E-state index contributed by atoms with van der Waals surface area (Å²) in [6.07, 6.45) is 1.28. The van der Waals surface area contributed by atoms with Crippen molar-refractivity contribution in [3.63, 3.8) is 0 Å². The molecule has 0 saturated heterocycles. The Bertz CT molecular complexity index is 335. The predicted octanol–water partition coefficient (Wildman–Crippen LogP) is 1.89. The van der Waals surface area contributed by atoms with Gasteiger partial charge in [0.05, 0.1) is 12.0 Å². The second kappa shape index (κ2) is 4.16. The van der Waals surface area contributed by atoms with Crippen LogP contribution in [0.1, 0.15) is 37.2 Å². The Morgan fingerprint density at radius 3 is 3.00 bits per heavy atom. The Morgan fingerprint density at radius 2 is 2.38 bits per heavy atom. The van der Waals surface area contributed by atoms with Crippen LogP contribution in [-0.2, 0) is 0 Å². The number of aromatic amines is 1. The molecule has 1 aromatic rings. The van der Waals surface area contributed by atoms with E-state index in [1.54, 1.807) is 6.92 Å². The molecule has 1 aromatic heterocycles. The molecule has 3 nitrogen and oxygen atoms in total. The lowest BCUT2D eigenvalue weighted by atomic mass is 10.1. The van der Waals surface area contributed by atoms with Crippen molar-refractivity contribution in [2.75, 3.05) is 0 Å². The molecule has 1 unspecified atom stereocenters. The summed E-state index contributed by atoms with van der Waals surface area (Å²) >= 11 is 0. The van der Waals surface area contributed by atoms with E-state index >= 15 is 0 Å². The standard InChI is InChI=1S/C9H13FN2O/c1-3-4-7(10)8-6(2)9(13)12-5-11-8/h5,7H,3-4H2,1-2H3,(H,11,12,13). The Hall–Kier alpha value is -1.19. The molecular formula is C9H13FN2O. The summed E-state index contributed by atoms with van der Waals surface area (Å²) in [5.74, 6) is 0. The summed E-state index contributed by atoms with van der Waals surface area (Å²) in [6.45, 7) is 3.48. The van der Waals surface area contributed by atoms with E-state index in [-0.39, 0.29) is 11.3 Å². The van der Waals surface area contributed by atoms with E-state index in [2.05, 4.69) is 9.97 Å². The second-order valence-corrected chi connectivity index (χ2v) is 3.00. The van der Waals surface area contributed by atoms with Crippen LogP contribution in [0, 0.1) is 6.92 Å². The Labute approximate surface area is 76.0 Å². The third-order valence-corrected chi connectivity index (χ3v) is 1.96. The number of H-pyrrole nitrogens is 1. The number of rotatable bonds is 3. The van der Waals surface area contributed by atoms with Crippen molar-refractivity contribution in [1.29, 1.82) is 0 Å². The first-order valence-corrected chi connectivity index (χ1v) is 4.35. The third-order valence-electron chi connectivity index (χ3n) is 1.96. The van der Waals surface area contributed by atoms with Gasteiger partial charge in [0.2, 0.25) is 0 Å². The minimum absolute atomic E-state index is 0.260. The third kappa shape index (κ3) is 2.14. The average molecular weight is 184 g/mol. The lowest BCUT2D eigenvalue weighted by molar-refractivity contribution is 0.311. The monoisotopic (exact) mass is 184 g/mol. The number of nitrogens with one attached hydrogen (secondary N) is 1. The smallest absolute Gasteiger partial charge is 0.253 e. The van der Waals surface area contributed by atoms with Crippen LogP contribution in [0.3, 0.4) is 0 Å². The molecule has 0 spiro atoms. The molecule has 0 bridgehead atoms. The van der Waals surface area contributed by atoms with Crippen LogP contribution in [0.15, 0.2) is 11.1 Å². The first-order chi connectivity index (χ1) is 6.16. The summed E-state index contributed by atoms with van der Waals surface area (Å²) in [7, 11) is 0. The fourth-order valence-electron chi connectivity index (χ4n) is 1.19. The highest BCUT2D eigenvalue weighted by molar-refractivity contribution is 5.16. The quantitative estimate of drug-likeness (QED) is 0.779. The number of nitrogens with zero attached hydrogens (tertiary/aromatic N) is 1. The molecule has 0 aliphatic heterocycles. The zero-order valence-electron chi connectivity index (χ0n) is 7.80. The summed E-state index contributed by atoms with van der Waals surface area (Å²) < 4.78 is 13.4. The van der Waals surface area contributed by atoms with Gasteiger partial charge in [-0.25, -0.2) is 9.37 Å². The molecule has 13 heavy (non-hydrogen) atoms. The topological polar surface area (TPSA) is 45.8 Å². The van der Waals surface area contributed by atoms with Gasteiger partial charge < -0.3 is 4.98 Å². The van der Waals surface area contributed by atoms with E-state index in [9.17, 15) is 9.18 Å². The molecule has 4 heteroatoms. The fraction of sp³-hybridized carbons (Fsp3) is 0.556. The second-order valence-electron chi connectivity index (χ2n) is 3.00. The number of hydrogen-bond acceptors (Lipinski definition) is 2. The number of halogens is 1. The molecular weight excluding hydrogens is 171 g/mol. The van der Waals surface area contributed by atoms with Gasteiger partial charge in [0.15, 0.2) is 0 Å². The van der Waals surface area contributed by atoms with Crippen LogP contribution in [-0.4, -0.2) is 9.97 Å². The van der Waals surface area contributed by atoms with Gasteiger partial charge in [-0.2, -0.15) is 0 Å². The molecule has 72 valence electrons. The van der Waals surface area contributed by atoms with Crippen molar-refractivity contribution in [3.8, 4) is 0 Å². The van der Waals surface area contributed by atoms with Gasteiger partial charge in [-0.15, -0.1) is 0 Å². The molecule has 1 N–H and O–H groups in total. The lowest BCUT2D eigenvalue weighted by Crippen LogP contribution is -2.14. The van der Waals surface area contributed by atoms with E-state index in [1.807, 2.05) is 6.92 Å². The van der Waals surface area contributed by atoms with E-state index in [1.165, 1.54) is 6.33 Å². The van der Waals surface area contributed by atoms with Gasteiger partial charge in [0.25, 0.3) is 5.56 Å². The van der Waals surface area contributed by atoms with E-state index in [4.69, 9.17) is 0 Å². The highest BCUT2D eigenvalue weighted by Crippen LogP contribution is 2.21. The largest absolute Gasteiger partial charge is 0.313 e. The van der Waals surface area contributed by atoms with Gasteiger partial charge >= 0.3 is 0 Å². The molecule has 1 heterocycles. The Kier molecular flexibility index (Phi) is 3.17. The maximum atomic E-state index is 13.4. The fourth-order valence-corrected chi connectivity index (χ4v) is 1.19. The van der Waals surface area contributed by atoms with Crippen molar-refractivity contribution in [2.24, 2.45) is 0 Å². The normalized spacial score (nSPS) is 12.8. The van der Waals surface area contributed by atoms with Crippen LogP contribution < -0.4 is 5.56 Å². The van der Waals surface area contributed by atoms with Crippen molar-refractivity contribution in [1.82, 2.24) is 9.97 Å². The highest BCUT2D eigenvalue weighted by Gasteiger charge is 2.14. The summed E-state index contributed by atoms with van der Waals surface area (Å²) in [4.78, 5) is 17.3. The maximum absolute atomic E-state index is 13.4. The molecule has 0 aliphatic rings. The maximum Gasteiger partial charge on any atom is 0.253 e. The van der Waals surface area contributed by atoms with E-state index in [0.717, 1.165) is 6.42 Å². The van der Waals surface area contributed by atoms with Crippen molar-refractivity contribution in [2.45, 2.75) is 32.9 Å². The number of aromatic nitrogens is 2. The van der Waals surface area contributed by atoms with E-state index < -0.39 is 6.17 Å². The first kappa shape index (κ1) is 9.89. The molecule has 1 atom stereocenters. The summed E-state index contributed by atoms with van der Waals surface area (Å²) in [5.41, 5.74) is 0.387. The van der Waals surface area contributed by atoms with Crippen molar-refractivity contribution >= 4 is 0 Å². The van der Waals surface area contributed by atoms with Gasteiger partial charge in [-0.05, 0) is 13.3 Å². The summed E-state index contributed by atoms with van der Waals surface area (Å²) in [5, 5.41) is 0. The zero-order chi connectivity index (χ0) is 9.84. The van der Waals surface area contributed by atoms with Gasteiger partial charge in [0.1, 0.15) is 6.17 Å². The molecule has 0 amide bonds. The van der Waals surface area contributed by atoms with Crippen molar-refractivity contribution in [3.05, 3.63) is 27.9 Å². The average Bonchev–Trinajstić information content (AvgIpc) is 2.10. The zero-order valence-corrected chi connectivity index (χ0v) is 7.80. The van der Waals surface area contributed by atoms with Crippen LogP contribution in [0.25, 0.3) is 0 Å². The minimum atomic E-state index is -1.12. The Morgan fingerprint density at radius 1 is 1.69 bits per heavy atom. The first-order valence-electron chi connectivity index (χ1n) is 4.35. The molecule has 0 radical (unpaired) electrons. The molecule has 1 rings (SSSR count). The molecule has 0 aliphatic carbocycles. The molecule has 0 fully saturated rings. The molecule has 0 aromatic carbocycles. The van der Waals surface area contributed by atoms with Gasteiger partial charge in [-0.3, -0.25) is 4.79 Å². The van der Waals surface area contributed by atoms with Crippen LogP contribution in [0.5, 0.6) is 0 Å². The number of alkyl halides is 1. The van der Waals surface area contributed by atoms with E-state index in [0.29, 0.717) is 12.0 Å². The SMILES string of the molecule is CCCC(F)c1nc[nH]c(=O)c1C. The number of hydrogen-bond donors (Lipinski definition) is 1. The van der Waals surface area contributed by atoms with Crippen molar-refractivity contribution < 1.29 is 4.39 Å². The molecule has 0 saturated carbocycles. The lowest BCUT2D eigenvalue weighted by Gasteiger charge is -2.07. The van der Waals surface area contributed by atoms with Crippen LogP contribution in [0.2, 0.25) is 0 Å². The Balaban J connectivity index is 3.00. The van der Waals surface area contributed by atoms with Gasteiger partial charge in [0, 0.05) is 5.56 Å². The van der Waals surface area contributed by atoms with Gasteiger partial charge in [-0.1, -0.05) is 13.3 Å². The van der Waals surface area contributed by atoms with Crippen LogP contribution >= 0.6 is 0 Å². The predicted molar refractivity (Wildman–Crippen MR) is 48.4 cm³/mol.